The van der Waals surface area contributed by atoms with Gasteiger partial charge >= 0.3 is 0 Å². The quantitative estimate of drug-likeness (QED) is 0.821. The van der Waals surface area contributed by atoms with Gasteiger partial charge in [-0.2, -0.15) is 10.2 Å². The van der Waals surface area contributed by atoms with Gasteiger partial charge in [-0.05, 0) is 20.8 Å². The molecule has 0 aliphatic carbocycles. The summed E-state index contributed by atoms with van der Waals surface area (Å²) in [5.74, 6) is 0.837. The van der Waals surface area contributed by atoms with Crippen molar-refractivity contribution >= 4 is 5.91 Å². The van der Waals surface area contributed by atoms with Crippen LogP contribution in [-0.2, 0) is 29.7 Å². The van der Waals surface area contributed by atoms with E-state index in [4.69, 9.17) is 5.73 Å². The van der Waals surface area contributed by atoms with E-state index < -0.39 is 5.91 Å². The van der Waals surface area contributed by atoms with E-state index in [-0.39, 0.29) is 12.0 Å². The van der Waals surface area contributed by atoms with Crippen LogP contribution in [0.15, 0.2) is 12.7 Å². The molecule has 108 valence electrons. The maximum atomic E-state index is 11.0. The minimum absolute atomic E-state index is 0.0550. The average Bonchev–Trinajstić information content (AvgIpc) is 2.93. The van der Waals surface area contributed by atoms with E-state index in [0.717, 1.165) is 5.82 Å². The predicted molar refractivity (Wildman–Crippen MR) is 71.6 cm³/mol. The monoisotopic (exact) mass is 277 g/mol. The molecule has 2 aromatic rings. The smallest absolute Gasteiger partial charge is 0.225 e. The number of aromatic nitrogens is 6. The van der Waals surface area contributed by atoms with Gasteiger partial charge in [-0.25, -0.2) is 14.6 Å². The number of hydrogen-bond donors (Lipinski definition) is 1. The first-order chi connectivity index (χ1) is 9.36. The third kappa shape index (κ3) is 3.40. The van der Waals surface area contributed by atoms with Crippen molar-refractivity contribution in [3.63, 3.8) is 0 Å². The van der Waals surface area contributed by atoms with Gasteiger partial charge in [-0.15, -0.1) is 0 Å². The molecule has 2 heterocycles. The number of amides is 1. The highest BCUT2D eigenvalue weighted by atomic mass is 16.1. The van der Waals surface area contributed by atoms with Crippen molar-refractivity contribution in [2.24, 2.45) is 5.73 Å². The van der Waals surface area contributed by atoms with Crippen LogP contribution in [-0.4, -0.2) is 35.4 Å². The third-order valence-corrected chi connectivity index (χ3v) is 2.72. The molecular weight excluding hydrogens is 258 g/mol. The fourth-order valence-electron chi connectivity index (χ4n) is 1.88. The minimum atomic E-state index is -0.432. The summed E-state index contributed by atoms with van der Waals surface area (Å²) >= 11 is 0. The fraction of sp³-hybridized carbons (Fsp3) is 0.583. The van der Waals surface area contributed by atoms with Crippen LogP contribution in [0.4, 0.5) is 0 Å². The second-order valence-corrected chi connectivity index (χ2v) is 5.58. The summed E-state index contributed by atoms with van der Waals surface area (Å²) in [5.41, 5.74) is 4.99. The number of nitrogens with zero attached hydrogens (tertiary/aromatic N) is 6. The summed E-state index contributed by atoms with van der Waals surface area (Å²) in [6.45, 7) is 6.77. The van der Waals surface area contributed by atoms with E-state index in [9.17, 15) is 4.79 Å². The Bertz CT molecular complexity index is 579. The van der Waals surface area contributed by atoms with Gasteiger partial charge < -0.3 is 5.73 Å². The molecule has 2 N–H and O–H groups in total. The number of primary amides is 1. The molecule has 8 nitrogen and oxygen atoms in total. The number of aryl methyl sites for hydroxylation is 2. The summed E-state index contributed by atoms with van der Waals surface area (Å²) in [7, 11) is 0. The standard InChI is InChI=1S/C12H19N7O/c1-12(2,3)19-11(4-5-18-8-14-7-15-18)16-10(17-19)6-9(13)20/h7-8H,4-6H2,1-3H3,(H2,13,20). The molecule has 0 radical (unpaired) electrons. The zero-order valence-electron chi connectivity index (χ0n) is 11.9. The lowest BCUT2D eigenvalue weighted by molar-refractivity contribution is -0.117. The number of nitrogens with two attached hydrogens (primary N) is 1. The van der Waals surface area contributed by atoms with Gasteiger partial charge in [0.05, 0.1) is 12.0 Å². The van der Waals surface area contributed by atoms with E-state index in [2.05, 4.69) is 20.2 Å². The lowest BCUT2D eigenvalue weighted by Gasteiger charge is -2.21. The second kappa shape index (κ2) is 5.40. The molecule has 0 spiro atoms. The normalized spacial score (nSPS) is 11.8. The van der Waals surface area contributed by atoms with Crippen molar-refractivity contribution in [2.75, 3.05) is 0 Å². The highest BCUT2D eigenvalue weighted by Crippen LogP contribution is 2.16. The van der Waals surface area contributed by atoms with Crippen molar-refractivity contribution < 1.29 is 4.79 Å². The van der Waals surface area contributed by atoms with Gasteiger partial charge in [0.25, 0.3) is 0 Å². The molecule has 2 aromatic heterocycles. The lowest BCUT2D eigenvalue weighted by Crippen LogP contribution is -2.26. The van der Waals surface area contributed by atoms with Crippen molar-refractivity contribution in [2.45, 2.75) is 45.7 Å². The van der Waals surface area contributed by atoms with Gasteiger partial charge in [-0.1, -0.05) is 0 Å². The number of carbonyl (C=O) groups excluding carboxylic acids is 1. The van der Waals surface area contributed by atoms with Crippen LogP contribution in [0.5, 0.6) is 0 Å². The average molecular weight is 277 g/mol. The van der Waals surface area contributed by atoms with E-state index in [0.29, 0.717) is 18.8 Å². The number of hydrogen-bond acceptors (Lipinski definition) is 5. The predicted octanol–water partition coefficient (Wildman–Crippen LogP) is -0.105. The van der Waals surface area contributed by atoms with E-state index in [1.165, 1.54) is 6.33 Å². The van der Waals surface area contributed by atoms with Crippen molar-refractivity contribution in [1.29, 1.82) is 0 Å². The van der Waals surface area contributed by atoms with Crippen molar-refractivity contribution in [3.05, 3.63) is 24.3 Å². The van der Waals surface area contributed by atoms with E-state index >= 15 is 0 Å². The first-order valence-corrected chi connectivity index (χ1v) is 6.42. The highest BCUT2D eigenvalue weighted by molar-refractivity contribution is 5.75. The maximum Gasteiger partial charge on any atom is 0.225 e. The molecule has 0 fully saturated rings. The first-order valence-electron chi connectivity index (χ1n) is 6.42. The van der Waals surface area contributed by atoms with Crippen LogP contribution in [0.2, 0.25) is 0 Å². The zero-order valence-corrected chi connectivity index (χ0v) is 11.9. The summed E-state index contributed by atoms with van der Waals surface area (Å²) in [4.78, 5) is 19.3. The Balaban J connectivity index is 2.20. The molecule has 1 amide bonds. The minimum Gasteiger partial charge on any atom is -0.369 e. The molecule has 0 aliphatic rings. The molecule has 8 heteroatoms. The molecule has 2 rings (SSSR count). The van der Waals surface area contributed by atoms with Crippen molar-refractivity contribution in [3.8, 4) is 0 Å². The van der Waals surface area contributed by atoms with Crippen LogP contribution < -0.4 is 5.73 Å². The fourth-order valence-corrected chi connectivity index (χ4v) is 1.88. The topological polar surface area (TPSA) is 105 Å². The Kier molecular flexibility index (Phi) is 3.82. The number of carbonyl (C=O) groups is 1. The largest absolute Gasteiger partial charge is 0.369 e. The molecule has 0 aromatic carbocycles. The maximum absolute atomic E-state index is 11.0. The highest BCUT2D eigenvalue weighted by Gasteiger charge is 2.21. The molecule has 0 saturated carbocycles. The Labute approximate surface area is 117 Å². The second-order valence-electron chi connectivity index (χ2n) is 5.58. The van der Waals surface area contributed by atoms with Crippen LogP contribution in [0.3, 0.4) is 0 Å². The van der Waals surface area contributed by atoms with E-state index in [1.807, 2.05) is 25.5 Å². The molecule has 0 aliphatic heterocycles. The summed E-state index contributed by atoms with van der Waals surface area (Å²) in [6.07, 6.45) is 3.86. The Morgan fingerprint density at radius 3 is 2.70 bits per heavy atom. The Morgan fingerprint density at radius 2 is 2.15 bits per heavy atom. The molecular formula is C12H19N7O. The van der Waals surface area contributed by atoms with Crippen LogP contribution in [0, 0.1) is 0 Å². The Morgan fingerprint density at radius 1 is 1.40 bits per heavy atom. The molecule has 0 saturated heterocycles. The SMILES string of the molecule is CC(C)(C)n1nc(CC(N)=O)nc1CCn1cncn1. The van der Waals surface area contributed by atoms with Crippen LogP contribution in [0.25, 0.3) is 0 Å². The first kappa shape index (κ1) is 14.2. The molecule has 0 unspecified atom stereocenters. The van der Waals surface area contributed by atoms with Gasteiger partial charge in [0.15, 0.2) is 5.82 Å². The molecule has 0 bridgehead atoms. The zero-order chi connectivity index (χ0) is 14.8. The summed E-state index contributed by atoms with van der Waals surface area (Å²) in [5, 5.41) is 8.43. The van der Waals surface area contributed by atoms with E-state index in [1.54, 1.807) is 11.0 Å². The van der Waals surface area contributed by atoms with Gasteiger partial charge in [0.1, 0.15) is 18.5 Å². The van der Waals surface area contributed by atoms with Crippen LogP contribution >= 0.6 is 0 Å². The van der Waals surface area contributed by atoms with Gasteiger partial charge in [-0.3, -0.25) is 9.48 Å². The van der Waals surface area contributed by atoms with Gasteiger partial charge in [0, 0.05) is 13.0 Å². The lowest BCUT2D eigenvalue weighted by atomic mass is 10.1. The molecule has 20 heavy (non-hydrogen) atoms. The third-order valence-electron chi connectivity index (χ3n) is 2.72. The molecule has 0 atom stereocenters. The van der Waals surface area contributed by atoms with Crippen molar-refractivity contribution in [1.82, 2.24) is 29.5 Å². The summed E-state index contributed by atoms with van der Waals surface area (Å²) < 4.78 is 3.57. The van der Waals surface area contributed by atoms with Gasteiger partial charge in [0.2, 0.25) is 5.91 Å². The summed E-state index contributed by atoms with van der Waals surface area (Å²) in [6, 6.07) is 0. The number of rotatable bonds is 5. The van der Waals surface area contributed by atoms with Crippen LogP contribution in [0.1, 0.15) is 32.4 Å². The Hall–Kier alpha value is -2.25.